The summed E-state index contributed by atoms with van der Waals surface area (Å²) in [6.45, 7) is 2.23. The lowest BCUT2D eigenvalue weighted by Gasteiger charge is -2.21. The van der Waals surface area contributed by atoms with Gasteiger partial charge in [0.2, 0.25) is 0 Å². The Morgan fingerprint density at radius 3 is 0.812 bits per heavy atom. The van der Waals surface area contributed by atoms with Gasteiger partial charge in [-0.3, -0.25) is 0 Å². The van der Waals surface area contributed by atoms with Gasteiger partial charge in [0, 0.05) is 0 Å². The van der Waals surface area contributed by atoms with Crippen molar-refractivity contribution in [1.29, 1.82) is 0 Å². The van der Waals surface area contributed by atoms with Gasteiger partial charge in [0.25, 0.3) is 0 Å². The van der Waals surface area contributed by atoms with E-state index in [1.165, 1.54) is 0 Å². The molecule has 0 aromatic carbocycles. The topological polar surface area (TPSA) is 100 Å². The van der Waals surface area contributed by atoms with E-state index >= 15 is 0 Å². The third-order valence-corrected chi connectivity index (χ3v) is 1.54. The molecule has 0 aromatic rings. The molecule has 0 fully saturated rings. The van der Waals surface area contributed by atoms with Crippen LogP contribution in [0.2, 0.25) is 0 Å². The van der Waals surface area contributed by atoms with E-state index in [0.29, 0.717) is 0 Å². The summed E-state index contributed by atoms with van der Waals surface area (Å²) in [4.78, 5) is 0. The summed E-state index contributed by atoms with van der Waals surface area (Å²) in [6.07, 6.45) is 0. The van der Waals surface area contributed by atoms with E-state index in [1.807, 2.05) is 0 Å². The van der Waals surface area contributed by atoms with Gasteiger partial charge in [0.15, 0.2) is 0 Å². The normalized spacial score (nSPS) is 10.5. The maximum Gasteiger partial charge on any atom is 0.101 e. The van der Waals surface area contributed by atoms with Crippen molar-refractivity contribution in [3.05, 3.63) is 0 Å². The predicted molar refractivity (Wildman–Crippen MR) is 63.8 cm³/mol. The van der Waals surface area contributed by atoms with Crippen molar-refractivity contribution in [1.82, 2.24) is 0 Å². The number of quaternary nitrogens is 2. The molecule has 0 aliphatic heterocycles. The maximum atomic E-state index is 8.39. The predicted octanol–water partition coefficient (Wildman–Crippen LogP) is -0.984. The molecule has 104 valence electrons. The SMILES string of the molecule is C[N+](C)(C)CCO.C[N+](C)(C)CCO.[OH-].[OH-]. The zero-order valence-corrected chi connectivity index (χ0v) is 11.5. The Bertz CT molecular complexity index is 114. The molecule has 0 amide bonds. The van der Waals surface area contributed by atoms with Crippen molar-refractivity contribution in [2.75, 3.05) is 68.6 Å². The van der Waals surface area contributed by atoms with E-state index in [4.69, 9.17) is 10.2 Å². The van der Waals surface area contributed by atoms with Crippen LogP contribution in [0.5, 0.6) is 0 Å². The average molecular weight is 242 g/mol. The summed E-state index contributed by atoms with van der Waals surface area (Å²) in [7, 11) is 12.3. The minimum absolute atomic E-state index is 0. The van der Waals surface area contributed by atoms with Gasteiger partial charge in [-0.1, -0.05) is 0 Å². The first-order valence-electron chi connectivity index (χ1n) is 4.95. The lowest BCUT2D eigenvalue weighted by Crippen LogP contribution is -2.36. The van der Waals surface area contributed by atoms with Crippen molar-refractivity contribution >= 4 is 0 Å². The fourth-order valence-corrected chi connectivity index (χ4v) is 0.600. The molecule has 0 saturated carbocycles. The molecule has 0 atom stereocenters. The lowest BCUT2D eigenvalue weighted by molar-refractivity contribution is -0.870. The highest BCUT2D eigenvalue weighted by atomic mass is 16.3. The Morgan fingerprint density at radius 1 is 0.625 bits per heavy atom. The number of hydrogen-bond acceptors (Lipinski definition) is 4. The van der Waals surface area contributed by atoms with E-state index in [1.54, 1.807) is 0 Å². The molecule has 0 radical (unpaired) electrons. The molecule has 6 nitrogen and oxygen atoms in total. The Kier molecular flexibility index (Phi) is 17.5. The Balaban J connectivity index is -0.0000000800. The number of nitrogens with zero attached hydrogens (tertiary/aromatic N) is 2. The molecule has 0 bridgehead atoms. The molecule has 16 heavy (non-hydrogen) atoms. The third-order valence-electron chi connectivity index (χ3n) is 1.54. The molecule has 4 N–H and O–H groups in total. The maximum absolute atomic E-state index is 8.39. The summed E-state index contributed by atoms with van der Waals surface area (Å²) >= 11 is 0. The minimum Gasteiger partial charge on any atom is -0.870 e. The first-order valence-corrected chi connectivity index (χ1v) is 4.95. The van der Waals surface area contributed by atoms with E-state index in [-0.39, 0.29) is 24.2 Å². The van der Waals surface area contributed by atoms with Gasteiger partial charge in [-0.25, -0.2) is 0 Å². The Hall–Kier alpha value is -0.240. The molecule has 0 aromatic heterocycles. The Labute approximate surface area is 99.5 Å². The van der Waals surface area contributed by atoms with Gasteiger partial charge < -0.3 is 30.1 Å². The van der Waals surface area contributed by atoms with Crippen molar-refractivity contribution in [3.63, 3.8) is 0 Å². The highest BCUT2D eigenvalue weighted by Crippen LogP contribution is 1.85. The summed E-state index contributed by atoms with van der Waals surface area (Å²) in [5.74, 6) is 0. The molecule has 0 spiro atoms. The molecule has 6 heteroatoms. The third kappa shape index (κ3) is 37.2. The summed E-state index contributed by atoms with van der Waals surface area (Å²) < 4.78 is 1.69. The largest absolute Gasteiger partial charge is 0.870 e. The van der Waals surface area contributed by atoms with Crippen LogP contribution in [0.1, 0.15) is 0 Å². The zero-order valence-electron chi connectivity index (χ0n) is 11.5. The van der Waals surface area contributed by atoms with Crippen LogP contribution in [-0.4, -0.2) is 98.7 Å². The van der Waals surface area contributed by atoms with Crippen molar-refractivity contribution in [2.24, 2.45) is 0 Å². The van der Waals surface area contributed by atoms with E-state index in [0.717, 1.165) is 22.1 Å². The quantitative estimate of drug-likeness (QED) is 0.618. The van der Waals surface area contributed by atoms with Gasteiger partial charge in [-0.15, -0.1) is 0 Å². The van der Waals surface area contributed by atoms with Crippen molar-refractivity contribution in [3.8, 4) is 0 Å². The van der Waals surface area contributed by atoms with Crippen molar-refractivity contribution < 1.29 is 30.1 Å². The second kappa shape index (κ2) is 11.3. The smallest absolute Gasteiger partial charge is 0.101 e. The van der Waals surface area contributed by atoms with Crippen molar-refractivity contribution in [2.45, 2.75) is 0 Å². The standard InChI is InChI=1S/2C5H14NO.2H2O/c2*1-6(2,3)4-5-7;;/h2*7H,4-5H2,1-3H3;2*1H2/q2*+1;;/p-2. The van der Waals surface area contributed by atoms with E-state index < -0.39 is 0 Å². The molecular formula is C10H30N2O4. The number of hydrogen-bond donors (Lipinski definition) is 2. The van der Waals surface area contributed by atoms with Crippen LogP contribution in [0.3, 0.4) is 0 Å². The lowest BCUT2D eigenvalue weighted by atomic mass is 10.5. The van der Waals surface area contributed by atoms with Gasteiger partial charge >= 0.3 is 0 Å². The Morgan fingerprint density at radius 2 is 0.812 bits per heavy atom. The molecule has 0 unspecified atom stereocenters. The molecule has 0 saturated heterocycles. The molecule has 0 aliphatic carbocycles. The zero-order chi connectivity index (χ0) is 11.8. The van der Waals surface area contributed by atoms with Gasteiger partial charge in [0.1, 0.15) is 13.1 Å². The van der Waals surface area contributed by atoms with Crippen LogP contribution in [0.15, 0.2) is 0 Å². The first-order chi connectivity index (χ1) is 6.12. The van der Waals surface area contributed by atoms with Gasteiger partial charge in [-0.2, -0.15) is 0 Å². The number of aliphatic hydroxyl groups is 2. The fraction of sp³-hybridized carbons (Fsp3) is 1.00. The van der Waals surface area contributed by atoms with Crippen LogP contribution < -0.4 is 0 Å². The fourth-order valence-electron chi connectivity index (χ4n) is 0.600. The van der Waals surface area contributed by atoms with Gasteiger partial charge in [-0.05, 0) is 0 Å². The molecule has 0 aliphatic rings. The monoisotopic (exact) mass is 242 g/mol. The first kappa shape index (κ1) is 24.8. The second-order valence-corrected chi connectivity index (χ2v) is 5.48. The van der Waals surface area contributed by atoms with Crippen LogP contribution in [0, 0.1) is 0 Å². The summed E-state index contributed by atoms with van der Waals surface area (Å²) in [5, 5.41) is 16.8. The van der Waals surface area contributed by atoms with Gasteiger partial charge in [0.05, 0.1) is 55.5 Å². The molecule has 0 rings (SSSR count). The minimum atomic E-state index is 0. The highest BCUT2D eigenvalue weighted by Gasteiger charge is 2.02. The summed E-state index contributed by atoms with van der Waals surface area (Å²) in [5.41, 5.74) is 0. The van der Waals surface area contributed by atoms with Crippen LogP contribution in [0.25, 0.3) is 0 Å². The van der Waals surface area contributed by atoms with E-state index in [9.17, 15) is 0 Å². The van der Waals surface area contributed by atoms with Crippen LogP contribution in [-0.2, 0) is 0 Å². The van der Waals surface area contributed by atoms with Crippen LogP contribution >= 0.6 is 0 Å². The highest BCUT2D eigenvalue weighted by molar-refractivity contribution is 4.19. The van der Waals surface area contributed by atoms with Crippen LogP contribution in [0.4, 0.5) is 0 Å². The average Bonchev–Trinajstić information content (AvgIpc) is 1.81. The second-order valence-electron chi connectivity index (χ2n) is 5.48. The molecule has 0 heterocycles. The molecular weight excluding hydrogens is 212 g/mol. The number of likely N-dealkylation sites (N-methyl/N-ethyl adjacent to an activating group) is 2. The number of aliphatic hydroxyl groups excluding tert-OH is 2. The summed E-state index contributed by atoms with van der Waals surface area (Å²) in [6, 6.07) is 0. The number of rotatable bonds is 4. The van der Waals surface area contributed by atoms with E-state index in [2.05, 4.69) is 42.3 Å².